The molecule has 1 saturated heterocycles. The average Bonchev–Trinajstić information content (AvgIpc) is 2.81. The van der Waals surface area contributed by atoms with Gasteiger partial charge in [-0.3, -0.25) is 9.48 Å². The monoisotopic (exact) mass is 280 g/mol. The first-order valence-corrected chi connectivity index (χ1v) is 7.16. The summed E-state index contributed by atoms with van der Waals surface area (Å²) in [4.78, 5) is 14.5. The Balaban J connectivity index is 1.89. The zero-order chi connectivity index (χ0) is 14.5. The lowest BCUT2D eigenvalue weighted by Gasteiger charge is -2.19. The number of hydrogen-bond donors (Lipinski definition) is 1. The molecular weight excluding hydrogens is 256 g/mol. The first-order valence-electron chi connectivity index (χ1n) is 7.16. The molecule has 6 heteroatoms. The molecule has 1 aliphatic heterocycles. The number of hydrogen-bond acceptors (Lipinski definition) is 4. The van der Waals surface area contributed by atoms with Crippen LogP contribution < -0.4 is 5.32 Å². The van der Waals surface area contributed by atoms with Gasteiger partial charge in [-0.2, -0.15) is 5.10 Å². The van der Waals surface area contributed by atoms with Crippen molar-refractivity contribution in [2.75, 3.05) is 39.9 Å². The van der Waals surface area contributed by atoms with Crippen molar-refractivity contribution in [3.8, 4) is 0 Å². The Kier molecular flexibility index (Phi) is 5.14. The zero-order valence-corrected chi connectivity index (χ0v) is 12.5. The van der Waals surface area contributed by atoms with E-state index in [9.17, 15) is 4.79 Å². The van der Waals surface area contributed by atoms with Crippen molar-refractivity contribution in [1.29, 1.82) is 0 Å². The van der Waals surface area contributed by atoms with Gasteiger partial charge in [0, 0.05) is 37.8 Å². The fourth-order valence-corrected chi connectivity index (χ4v) is 2.41. The van der Waals surface area contributed by atoms with Gasteiger partial charge in [0.2, 0.25) is 0 Å². The maximum absolute atomic E-state index is 12.2. The van der Waals surface area contributed by atoms with Crippen LogP contribution in [0.1, 0.15) is 30.4 Å². The van der Waals surface area contributed by atoms with Crippen LogP contribution in [0.25, 0.3) is 0 Å². The number of likely N-dealkylation sites (N-methyl/N-ethyl adjacent to an activating group) is 1. The van der Waals surface area contributed by atoms with E-state index in [0.717, 1.165) is 19.7 Å². The predicted molar refractivity (Wildman–Crippen MR) is 76.8 cm³/mol. The van der Waals surface area contributed by atoms with E-state index in [4.69, 9.17) is 4.74 Å². The van der Waals surface area contributed by atoms with E-state index in [-0.39, 0.29) is 11.9 Å². The summed E-state index contributed by atoms with van der Waals surface area (Å²) in [5.41, 5.74) is 0.614. The molecule has 1 amide bonds. The second-order valence-electron chi connectivity index (χ2n) is 5.67. The first kappa shape index (κ1) is 15.0. The molecule has 0 aliphatic carbocycles. The van der Waals surface area contributed by atoms with Gasteiger partial charge in [-0.25, -0.2) is 0 Å². The normalized spacial score (nSPS) is 20.9. The molecule has 112 valence electrons. The van der Waals surface area contributed by atoms with Crippen molar-refractivity contribution in [1.82, 2.24) is 20.0 Å². The highest BCUT2D eigenvalue weighted by Gasteiger charge is 2.19. The maximum Gasteiger partial charge on any atom is 0.269 e. The van der Waals surface area contributed by atoms with Gasteiger partial charge in [0.1, 0.15) is 5.69 Å². The summed E-state index contributed by atoms with van der Waals surface area (Å²) in [5, 5.41) is 7.17. The number of nitrogens with zero attached hydrogens (tertiary/aromatic N) is 3. The Bertz CT molecular complexity index is 444. The second kappa shape index (κ2) is 6.85. The van der Waals surface area contributed by atoms with E-state index in [0.29, 0.717) is 24.8 Å². The number of nitrogens with one attached hydrogen (secondary N) is 1. The molecule has 0 radical (unpaired) electrons. The Hall–Kier alpha value is -1.40. The quantitative estimate of drug-likeness (QED) is 0.885. The average molecular weight is 280 g/mol. The van der Waals surface area contributed by atoms with E-state index >= 15 is 0 Å². The zero-order valence-electron chi connectivity index (χ0n) is 12.5. The molecule has 0 saturated carbocycles. The van der Waals surface area contributed by atoms with E-state index in [1.165, 1.54) is 0 Å². The summed E-state index contributed by atoms with van der Waals surface area (Å²) >= 11 is 0. The fourth-order valence-electron chi connectivity index (χ4n) is 2.41. The van der Waals surface area contributed by atoms with Crippen LogP contribution in [0, 0.1) is 5.92 Å². The summed E-state index contributed by atoms with van der Waals surface area (Å²) in [6.07, 6.45) is 1.66. The number of carbonyl (C=O) groups excluding carboxylic acids is 1. The first-order chi connectivity index (χ1) is 9.58. The van der Waals surface area contributed by atoms with Crippen molar-refractivity contribution in [3.63, 3.8) is 0 Å². The van der Waals surface area contributed by atoms with E-state index in [2.05, 4.69) is 22.4 Å². The van der Waals surface area contributed by atoms with E-state index in [1.807, 2.05) is 13.8 Å². The van der Waals surface area contributed by atoms with Crippen LogP contribution in [-0.4, -0.2) is 60.5 Å². The Morgan fingerprint density at radius 2 is 2.40 bits per heavy atom. The molecule has 1 aliphatic rings. The van der Waals surface area contributed by atoms with Crippen LogP contribution in [0.3, 0.4) is 0 Å². The molecule has 2 rings (SSSR count). The molecule has 1 aromatic rings. The molecule has 2 heterocycles. The Morgan fingerprint density at radius 3 is 3.15 bits per heavy atom. The standard InChI is InChI=1S/C14H24N4O2/c1-11(2)18-13(4-5-16-18)14(19)15-8-12-9-17(3)6-7-20-10-12/h4-5,11-12H,6-10H2,1-3H3,(H,15,19)/t12-/m1/s1. The highest BCUT2D eigenvalue weighted by molar-refractivity contribution is 5.92. The summed E-state index contributed by atoms with van der Waals surface area (Å²) < 4.78 is 7.29. The molecule has 1 N–H and O–H groups in total. The Morgan fingerprint density at radius 1 is 1.60 bits per heavy atom. The minimum atomic E-state index is -0.0666. The summed E-state index contributed by atoms with van der Waals surface area (Å²) in [7, 11) is 2.08. The Labute approximate surface area is 120 Å². The summed E-state index contributed by atoms with van der Waals surface area (Å²) in [6.45, 7) is 8.02. The smallest absolute Gasteiger partial charge is 0.269 e. The van der Waals surface area contributed by atoms with Crippen LogP contribution in [0.4, 0.5) is 0 Å². The van der Waals surface area contributed by atoms with Crippen LogP contribution in [-0.2, 0) is 4.74 Å². The molecular formula is C14H24N4O2. The highest BCUT2D eigenvalue weighted by atomic mass is 16.5. The second-order valence-corrected chi connectivity index (χ2v) is 5.67. The lowest BCUT2D eigenvalue weighted by atomic mass is 10.1. The topological polar surface area (TPSA) is 59.4 Å². The third-order valence-corrected chi connectivity index (χ3v) is 3.48. The number of ether oxygens (including phenoxy) is 1. The van der Waals surface area contributed by atoms with Gasteiger partial charge in [0.05, 0.1) is 13.2 Å². The predicted octanol–water partition coefficient (Wildman–Crippen LogP) is 0.772. The van der Waals surface area contributed by atoms with Gasteiger partial charge in [-0.15, -0.1) is 0 Å². The number of aromatic nitrogens is 2. The van der Waals surface area contributed by atoms with Gasteiger partial charge in [-0.1, -0.05) is 0 Å². The van der Waals surface area contributed by atoms with Gasteiger partial charge in [0.15, 0.2) is 0 Å². The van der Waals surface area contributed by atoms with Gasteiger partial charge in [0.25, 0.3) is 5.91 Å². The van der Waals surface area contributed by atoms with Gasteiger partial charge >= 0.3 is 0 Å². The van der Waals surface area contributed by atoms with Crippen LogP contribution in [0.2, 0.25) is 0 Å². The summed E-state index contributed by atoms with van der Waals surface area (Å²) in [6, 6.07) is 1.93. The van der Waals surface area contributed by atoms with Crippen LogP contribution in [0.5, 0.6) is 0 Å². The fraction of sp³-hybridized carbons (Fsp3) is 0.714. The lowest BCUT2D eigenvalue weighted by molar-refractivity contribution is 0.0909. The van der Waals surface area contributed by atoms with Crippen molar-refractivity contribution >= 4 is 5.91 Å². The minimum absolute atomic E-state index is 0.0666. The molecule has 0 spiro atoms. The SMILES string of the molecule is CC(C)n1nccc1C(=O)NC[C@H]1COCCN(C)C1. The van der Waals surface area contributed by atoms with E-state index < -0.39 is 0 Å². The molecule has 6 nitrogen and oxygen atoms in total. The molecule has 0 unspecified atom stereocenters. The lowest BCUT2D eigenvalue weighted by Crippen LogP contribution is -2.36. The van der Waals surface area contributed by atoms with Crippen molar-refractivity contribution in [2.45, 2.75) is 19.9 Å². The van der Waals surface area contributed by atoms with Gasteiger partial charge < -0.3 is 15.0 Å². The molecule has 0 aromatic carbocycles. The number of amides is 1. The molecule has 1 atom stereocenters. The summed E-state index contributed by atoms with van der Waals surface area (Å²) in [5.74, 6) is 0.268. The van der Waals surface area contributed by atoms with Crippen molar-refractivity contribution in [3.05, 3.63) is 18.0 Å². The number of rotatable bonds is 4. The molecule has 1 aromatic heterocycles. The van der Waals surface area contributed by atoms with E-state index in [1.54, 1.807) is 16.9 Å². The van der Waals surface area contributed by atoms with Crippen molar-refractivity contribution < 1.29 is 9.53 Å². The molecule has 1 fully saturated rings. The third-order valence-electron chi connectivity index (χ3n) is 3.48. The van der Waals surface area contributed by atoms with Crippen LogP contribution in [0.15, 0.2) is 12.3 Å². The maximum atomic E-state index is 12.2. The van der Waals surface area contributed by atoms with Gasteiger partial charge in [-0.05, 0) is 27.0 Å². The molecule has 0 bridgehead atoms. The minimum Gasteiger partial charge on any atom is -0.380 e. The van der Waals surface area contributed by atoms with Crippen molar-refractivity contribution in [2.24, 2.45) is 5.92 Å². The largest absolute Gasteiger partial charge is 0.380 e. The van der Waals surface area contributed by atoms with Crippen LogP contribution >= 0.6 is 0 Å². The molecule has 20 heavy (non-hydrogen) atoms. The highest BCUT2D eigenvalue weighted by Crippen LogP contribution is 2.09. The number of carbonyl (C=O) groups is 1. The third kappa shape index (κ3) is 3.80.